The van der Waals surface area contributed by atoms with E-state index in [4.69, 9.17) is 19.2 Å². The zero-order chi connectivity index (χ0) is 4.50. The molecule has 0 aliphatic rings. The van der Waals surface area contributed by atoms with Gasteiger partial charge in [0.05, 0.1) is 0 Å². The van der Waals surface area contributed by atoms with Crippen LogP contribution in [-0.4, -0.2) is 0 Å². The van der Waals surface area contributed by atoms with Gasteiger partial charge in [0.1, 0.15) is 0 Å². The predicted molar refractivity (Wildman–Crippen MR) is 7.61 cm³/mol. The van der Waals surface area contributed by atoms with E-state index in [2.05, 4.69) is 0 Å². The van der Waals surface area contributed by atoms with Gasteiger partial charge in [0.2, 0.25) is 0 Å². The summed E-state index contributed by atoms with van der Waals surface area (Å²) in [5.74, 6) is 0. The molecule has 0 saturated carbocycles. The van der Waals surface area contributed by atoms with Crippen molar-refractivity contribution in [1.82, 2.24) is 0 Å². The molecule has 0 atom stereocenters. The van der Waals surface area contributed by atoms with Crippen molar-refractivity contribution in [2.75, 3.05) is 0 Å². The van der Waals surface area contributed by atoms with E-state index < -0.39 is 7.82 Å². The first-order valence-electron chi connectivity index (χ1n) is 0.730. The van der Waals surface area contributed by atoms with Crippen molar-refractivity contribution in [3.05, 3.63) is 0 Å². The molecule has 0 aromatic heterocycles. The summed E-state index contributed by atoms with van der Waals surface area (Å²) in [5, 5.41) is 0. The second-order valence-electron chi connectivity index (χ2n) is 0.447. The smallest absolute Gasteiger partial charge is 0.822 e. The Balaban J connectivity index is 0. The van der Waals surface area contributed by atoms with E-state index in [0.29, 0.717) is 0 Å². The van der Waals surface area contributed by atoms with Gasteiger partial charge in [0.25, 0.3) is 0 Å². The minimum atomic E-state index is -5.39. The minimum absolute atomic E-state index is 0. The summed E-state index contributed by atoms with van der Waals surface area (Å²) in [4.78, 5) is 25.6. The molecule has 6 heteroatoms. The molecular weight excluding hydrogens is 236 g/mol. The van der Waals surface area contributed by atoms with E-state index in [1.807, 2.05) is 0 Å². The molecule has 0 heterocycles. The number of phosphoric acid groups is 1. The molecule has 0 unspecified atom stereocenters. The van der Waals surface area contributed by atoms with Crippen LogP contribution in [0.5, 0.6) is 0 Å². The maximum Gasteiger partial charge on any atom is 3.00 e. The van der Waals surface area contributed by atoms with Gasteiger partial charge in [0.15, 0.2) is 0 Å². The van der Waals surface area contributed by atoms with E-state index in [1.54, 1.807) is 0 Å². The van der Waals surface area contributed by atoms with Crippen molar-refractivity contribution in [3.8, 4) is 0 Å². The molecule has 0 radical (unpaired) electrons. The Morgan fingerprint density at radius 2 is 1.17 bits per heavy atom. The monoisotopic (exact) mass is 236 g/mol. The van der Waals surface area contributed by atoms with Crippen molar-refractivity contribution >= 4 is 7.82 Å². The molecule has 0 saturated heterocycles. The molecule has 6 heavy (non-hydrogen) atoms. The standard InChI is InChI=1S/H3O4P.Pr/c1-5(2,3)4;/h(H3,1,2,3,4);/q;+3/p-3. The fraction of sp³-hybridized carbons (Fsp3) is 0. The summed E-state index contributed by atoms with van der Waals surface area (Å²) < 4.78 is 8.55. The van der Waals surface area contributed by atoms with Gasteiger partial charge in [0, 0.05) is 0 Å². The van der Waals surface area contributed by atoms with Crippen LogP contribution in [0.4, 0.5) is 0 Å². The average molecular weight is 236 g/mol. The quantitative estimate of drug-likeness (QED) is 0.424. The maximum atomic E-state index is 8.55. The molecule has 32 valence electrons. The van der Waals surface area contributed by atoms with Crippen molar-refractivity contribution in [2.45, 2.75) is 0 Å². The van der Waals surface area contributed by atoms with Gasteiger partial charge in [-0.15, -0.1) is 0 Å². The first kappa shape index (κ1) is 10.5. The third kappa shape index (κ3) is 50.4. The molecule has 0 spiro atoms. The molecule has 0 fully saturated rings. The van der Waals surface area contributed by atoms with Crippen molar-refractivity contribution in [3.63, 3.8) is 0 Å². The number of rotatable bonds is 0. The molecule has 0 aromatic carbocycles. The molecule has 0 aliphatic carbocycles. The maximum absolute atomic E-state index is 8.55. The second kappa shape index (κ2) is 3.47. The molecule has 0 bridgehead atoms. The molecule has 4 nitrogen and oxygen atoms in total. The van der Waals surface area contributed by atoms with E-state index >= 15 is 0 Å². The summed E-state index contributed by atoms with van der Waals surface area (Å²) in [6.07, 6.45) is 0. The molecule has 0 amide bonds. The normalized spacial score (nSPS) is 9.83. The third-order valence-corrected chi connectivity index (χ3v) is 0. The summed E-state index contributed by atoms with van der Waals surface area (Å²) in [6.45, 7) is 0. The van der Waals surface area contributed by atoms with E-state index in [-0.39, 0.29) is 41.3 Å². The van der Waals surface area contributed by atoms with E-state index in [9.17, 15) is 0 Å². The van der Waals surface area contributed by atoms with Gasteiger partial charge < -0.3 is 19.2 Å². The first-order valence-corrected chi connectivity index (χ1v) is 2.19. The minimum Gasteiger partial charge on any atom is -0.822 e. The number of hydrogen-bond acceptors (Lipinski definition) is 4. The van der Waals surface area contributed by atoms with Gasteiger partial charge >= 0.3 is 41.3 Å². The van der Waals surface area contributed by atoms with Crippen molar-refractivity contribution in [1.29, 1.82) is 0 Å². The van der Waals surface area contributed by atoms with Crippen LogP contribution < -0.4 is 14.7 Å². The Kier molecular flexibility index (Phi) is 6.05. The van der Waals surface area contributed by atoms with Gasteiger partial charge in [-0.2, -0.15) is 7.82 Å². The van der Waals surface area contributed by atoms with Crippen LogP contribution in [0.25, 0.3) is 0 Å². The fourth-order valence-corrected chi connectivity index (χ4v) is 0. The predicted octanol–water partition coefficient (Wildman–Crippen LogP) is -2.82. The molecular formula is O4PPr. The third-order valence-electron chi connectivity index (χ3n) is 0. The largest absolute Gasteiger partial charge is 3.00 e. The van der Waals surface area contributed by atoms with E-state index in [0.717, 1.165) is 0 Å². The molecule has 0 aromatic rings. The SMILES string of the molecule is O=P([O-])([O-])[O-].[Pr+3]. The van der Waals surface area contributed by atoms with Crippen LogP contribution in [0.15, 0.2) is 0 Å². The number of hydrogen-bond donors (Lipinski definition) is 0. The second-order valence-corrected chi connectivity index (χ2v) is 1.34. The van der Waals surface area contributed by atoms with Gasteiger partial charge in [-0.05, 0) is 0 Å². The Morgan fingerprint density at radius 3 is 1.17 bits per heavy atom. The topological polar surface area (TPSA) is 86.2 Å². The Hall–Kier alpha value is 1.47. The van der Waals surface area contributed by atoms with Crippen LogP contribution in [0.2, 0.25) is 0 Å². The van der Waals surface area contributed by atoms with E-state index in [1.165, 1.54) is 0 Å². The molecule has 0 rings (SSSR count). The van der Waals surface area contributed by atoms with Crippen LogP contribution in [0.1, 0.15) is 0 Å². The van der Waals surface area contributed by atoms with Crippen LogP contribution in [0, 0.1) is 41.3 Å². The van der Waals surface area contributed by atoms with Gasteiger partial charge in [-0.25, -0.2) is 0 Å². The molecule has 0 aliphatic heterocycles. The van der Waals surface area contributed by atoms with Gasteiger partial charge in [-0.3, -0.25) is 0 Å². The first-order chi connectivity index (χ1) is 2.00. The fourth-order valence-electron chi connectivity index (χ4n) is 0. The van der Waals surface area contributed by atoms with Crippen molar-refractivity contribution < 1.29 is 60.5 Å². The van der Waals surface area contributed by atoms with Crippen LogP contribution >= 0.6 is 7.82 Å². The Labute approximate surface area is 67.8 Å². The zero-order valence-corrected chi connectivity index (χ0v) is 7.26. The summed E-state index contributed by atoms with van der Waals surface area (Å²) in [7, 11) is -5.39. The Morgan fingerprint density at radius 1 is 1.17 bits per heavy atom. The molecule has 0 N–H and O–H groups in total. The van der Waals surface area contributed by atoms with Gasteiger partial charge in [-0.1, -0.05) is 0 Å². The van der Waals surface area contributed by atoms with Crippen LogP contribution in [-0.2, 0) is 4.57 Å². The Bertz CT molecular complexity index is 53.7. The summed E-state index contributed by atoms with van der Waals surface area (Å²) in [6, 6.07) is 0. The summed E-state index contributed by atoms with van der Waals surface area (Å²) >= 11 is 0. The zero-order valence-electron chi connectivity index (χ0n) is 2.66. The average Bonchev–Trinajstić information content (AvgIpc) is 0.722. The summed E-state index contributed by atoms with van der Waals surface area (Å²) in [5.41, 5.74) is 0. The van der Waals surface area contributed by atoms with Crippen LogP contribution in [0.3, 0.4) is 0 Å². The van der Waals surface area contributed by atoms with Crippen molar-refractivity contribution in [2.24, 2.45) is 0 Å².